The highest BCUT2D eigenvalue weighted by Crippen LogP contribution is 2.31. The summed E-state index contributed by atoms with van der Waals surface area (Å²) in [6.45, 7) is 2.70. The molecule has 0 spiro atoms. The van der Waals surface area contributed by atoms with E-state index in [4.69, 9.17) is 25.8 Å². The molecule has 6 heteroatoms. The highest BCUT2D eigenvalue weighted by molar-refractivity contribution is 6.32. The van der Waals surface area contributed by atoms with Gasteiger partial charge in [0.1, 0.15) is 30.5 Å². The van der Waals surface area contributed by atoms with Crippen LogP contribution in [0.15, 0.2) is 48.5 Å². The second-order valence-corrected chi connectivity index (χ2v) is 4.93. The lowest BCUT2D eigenvalue weighted by atomic mass is 10.3. The van der Waals surface area contributed by atoms with E-state index < -0.39 is 6.09 Å². The third-order valence-electron chi connectivity index (χ3n) is 2.78. The fourth-order valence-electron chi connectivity index (χ4n) is 1.77. The van der Waals surface area contributed by atoms with Crippen molar-refractivity contribution in [2.45, 2.75) is 6.92 Å². The van der Waals surface area contributed by atoms with E-state index in [9.17, 15) is 4.79 Å². The molecule has 0 heterocycles. The molecule has 0 aliphatic heterocycles. The third kappa shape index (κ3) is 5.71. The first-order valence-corrected chi connectivity index (χ1v) is 7.62. The molecule has 0 aromatic heterocycles. The molecule has 0 unspecified atom stereocenters. The number of ether oxygens (including phenoxy) is 3. The molecule has 1 amide bonds. The SMILES string of the molecule is CCNC(=O)OCCOc1ccc(Oc2ccccc2)cc1Cl. The van der Waals surface area contributed by atoms with Crippen molar-refractivity contribution in [3.63, 3.8) is 0 Å². The second-order valence-electron chi connectivity index (χ2n) is 4.52. The van der Waals surface area contributed by atoms with Gasteiger partial charge in [-0.1, -0.05) is 29.8 Å². The van der Waals surface area contributed by atoms with E-state index in [2.05, 4.69) is 5.32 Å². The Morgan fingerprint density at radius 3 is 2.57 bits per heavy atom. The van der Waals surface area contributed by atoms with Crippen molar-refractivity contribution >= 4 is 17.7 Å². The van der Waals surface area contributed by atoms with Gasteiger partial charge in [0.15, 0.2) is 0 Å². The normalized spacial score (nSPS) is 10.0. The molecular weight excluding hydrogens is 318 g/mol. The van der Waals surface area contributed by atoms with Gasteiger partial charge >= 0.3 is 6.09 Å². The largest absolute Gasteiger partial charge is 0.488 e. The number of nitrogens with one attached hydrogen (secondary N) is 1. The van der Waals surface area contributed by atoms with Gasteiger partial charge in [0, 0.05) is 12.6 Å². The Bertz CT molecular complexity index is 634. The van der Waals surface area contributed by atoms with Crippen molar-refractivity contribution in [2.24, 2.45) is 0 Å². The van der Waals surface area contributed by atoms with Crippen LogP contribution in [0.25, 0.3) is 0 Å². The molecule has 0 saturated heterocycles. The molecule has 1 N–H and O–H groups in total. The molecular formula is C17H18ClNO4. The van der Waals surface area contributed by atoms with Crippen LogP contribution in [0.4, 0.5) is 4.79 Å². The lowest BCUT2D eigenvalue weighted by Gasteiger charge is -2.11. The maximum absolute atomic E-state index is 11.1. The highest BCUT2D eigenvalue weighted by atomic mass is 35.5. The minimum Gasteiger partial charge on any atom is -0.488 e. The van der Waals surface area contributed by atoms with Gasteiger partial charge in [-0.3, -0.25) is 0 Å². The van der Waals surface area contributed by atoms with Crippen LogP contribution in [0.5, 0.6) is 17.2 Å². The number of alkyl carbamates (subject to hydrolysis) is 1. The third-order valence-corrected chi connectivity index (χ3v) is 3.07. The van der Waals surface area contributed by atoms with Crippen LogP contribution in [-0.4, -0.2) is 25.9 Å². The Hall–Kier alpha value is -2.40. The van der Waals surface area contributed by atoms with Crippen LogP contribution in [0.3, 0.4) is 0 Å². The number of amides is 1. The molecule has 0 atom stereocenters. The summed E-state index contributed by atoms with van der Waals surface area (Å²) < 4.78 is 16.1. The van der Waals surface area contributed by atoms with E-state index in [0.29, 0.717) is 23.1 Å². The highest BCUT2D eigenvalue weighted by Gasteiger charge is 2.06. The van der Waals surface area contributed by atoms with Gasteiger partial charge in [-0.25, -0.2) is 4.79 Å². The van der Waals surface area contributed by atoms with Crippen molar-refractivity contribution in [3.8, 4) is 17.2 Å². The number of hydrogen-bond donors (Lipinski definition) is 1. The maximum atomic E-state index is 11.1. The lowest BCUT2D eigenvalue weighted by Crippen LogP contribution is -2.25. The fourth-order valence-corrected chi connectivity index (χ4v) is 1.99. The number of halogens is 1. The lowest BCUT2D eigenvalue weighted by molar-refractivity contribution is 0.125. The molecule has 2 rings (SSSR count). The molecule has 0 aliphatic carbocycles. The molecule has 5 nitrogen and oxygen atoms in total. The maximum Gasteiger partial charge on any atom is 0.407 e. The van der Waals surface area contributed by atoms with Crippen molar-refractivity contribution in [1.29, 1.82) is 0 Å². The zero-order valence-corrected chi connectivity index (χ0v) is 13.5. The number of benzene rings is 2. The standard InChI is InChI=1S/C17H18ClNO4/c1-2-19-17(20)22-11-10-21-16-9-8-14(12-15(16)18)23-13-6-4-3-5-7-13/h3-9,12H,2,10-11H2,1H3,(H,19,20). The second kappa shape index (κ2) is 8.90. The van der Waals surface area contributed by atoms with Gasteiger partial charge in [-0.05, 0) is 31.2 Å². The number of para-hydroxylation sites is 1. The summed E-state index contributed by atoms with van der Waals surface area (Å²) in [5.41, 5.74) is 0. The van der Waals surface area contributed by atoms with Crippen LogP contribution in [0.1, 0.15) is 6.92 Å². The van der Waals surface area contributed by atoms with Crippen LogP contribution in [0.2, 0.25) is 5.02 Å². The van der Waals surface area contributed by atoms with Gasteiger partial charge in [-0.2, -0.15) is 0 Å². The number of carbonyl (C=O) groups excluding carboxylic acids is 1. The molecule has 0 aliphatic rings. The summed E-state index contributed by atoms with van der Waals surface area (Å²) in [5.74, 6) is 1.85. The van der Waals surface area contributed by atoms with Gasteiger partial charge in [0.25, 0.3) is 0 Å². The van der Waals surface area contributed by atoms with Gasteiger partial charge in [-0.15, -0.1) is 0 Å². The van der Waals surface area contributed by atoms with Crippen LogP contribution < -0.4 is 14.8 Å². The number of rotatable bonds is 7. The molecule has 2 aromatic rings. The van der Waals surface area contributed by atoms with E-state index in [1.807, 2.05) is 37.3 Å². The van der Waals surface area contributed by atoms with E-state index in [1.54, 1.807) is 18.2 Å². The summed E-state index contributed by atoms with van der Waals surface area (Å²) in [6.07, 6.45) is -0.464. The van der Waals surface area contributed by atoms with Crippen LogP contribution in [-0.2, 0) is 4.74 Å². The Morgan fingerprint density at radius 1 is 1.09 bits per heavy atom. The average molecular weight is 336 g/mol. The molecule has 23 heavy (non-hydrogen) atoms. The molecule has 122 valence electrons. The summed E-state index contributed by atoms with van der Waals surface area (Å²) >= 11 is 6.16. The van der Waals surface area contributed by atoms with E-state index in [-0.39, 0.29) is 13.2 Å². The first-order chi connectivity index (χ1) is 11.2. The summed E-state index contributed by atoms with van der Waals surface area (Å²) in [6, 6.07) is 14.6. The molecule has 0 bridgehead atoms. The minimum atomic E-state index is -0.464. The first-order valence-electron chi connectivity index (χ1n) is 7.25. The zero-order chi connectivity index (χ0) is 16.5. The number of hydrogen-bond acceptors (Lipinski definition) is 4. The Balaban J connectivity index is 1.83. The monoisotopic (exact) mass is 335 g/mol. The predicted octanol–water partition coefficient (Wildman–Crippen LogP) is 4.26. The topological polar surface area (TPSA) is 56.8 Å². The zero-order valence-electron chi connectivity index (χ0n) is 12.8. The van der Waals surface area contributed by atoms with Gasteiger partial charge in [0.05, 0.1) is 5.02 Å². The van der Waals surface area contributed by atoms with Crippen LogP contribution in [0, 0.1) is 0 Å². The van der Waals surface area contributed by atoms with Gasteiger partial charge < -0.3 is 19.5 Å². The summed E-state index contributed by atoms with van der Waals surface area (Å²) in [7, 11) is 0. The molecule has 0 saturated carbocycles. The van der Waals surface area contributed by atoms with Crippen LogP contribution >= 0.6 is 11.6 Å². The van der Waals surface area contributed by atoms with Crippen molar-refractivity contribution in [3.05, 3.63) is 53.6 Å². The fraction of sp³-hybridized carbons (Fsp3) is 0.235. The van der Waals surface area contributed by atoms with Crippen molar-refractivity contribution in [1.82, 2.24) is 5.32 Å². The smallest absolute Gasteiger partial charge is 0.407 e. The quantitative estimate of drug-likeness (QED) is 0.768. The van der Waals surface area contributed by atoms with E-state index in [1.165, 1.54) is 0 Å². The minimum absolute atomic E-state index is 0.143. The Morgan fingerprint density at radius 2 is 1.87 bits per heavy atom. The molecule has 0 fully saturated rings. The van der Waals surface area contributed by atoms with E-state index in [0.717, 1.165) is 5.75 Å². The van der Waals surface area contributed by atoms with E-state index >= 15 is 0 Å². The summed E-state index contributed by atoms with van der Waals surface area (Å²) in [4.78, 5) is 11.1. The average Bonchev–Trinajstić information content (AvgIpc) is 2.54. The number of carbonyl (C=O) groups is 1. The van der Waals surface area contributed by atoms with Crippen molar-refractivity contribution in [2.75, 3.05) is 19.8 Å². The first kappa shape index (κ1) is 17.0. The van der Waals surface area contributed by atoms with Crippen molar-refractivity contribution < 1.29 is 19.0 Å². The molecule has 0 radical (unpaired) electrons. The molecule has 2 aromatic carbocycles. The Kier molecular flexibility index (Phi) is 6.56. The Labute approximate surface area is 140 Å². The van der Waals surface area contributed by atoms with Gasteiger partial charge in [0.2, 0.25) is 0 Å². The summed E-state index contributed by atoms with van der Waals surface area (Å²) in [5, 5.41) is 2.95. The predicted molar refractivity (Wildman–Crippen MR) is 88.5 cm³/mol.